The van der Waals surface area contributed by atoms with E-state index in [0.29, 0.717) is 28.4 Å². The van der Waals surface area contributed by atoms with Gasteiger partial charge in [0.25, 0.3) is 5.56 Å². The van der Waals surface area contributed by atoms with Crippen molar-refractivity contribution in [2.75, 3.05) is 0 Å². The number of thioether (sulfide) groups is 1. The van der Waals surface area contributed by atoms with Crippen molar-refractivity contribution in [1.29, 1.82) is 0 Å². The second-order valence-corrected chi connectivity index (χ2v) is 7.98. The fraction of sp³-hybridized carbons (Fsp3) is 0.200. The van der Waals surface area contributed by atoms with Crippen LogP contribution in [0.5, 0.6) is 0 Å². The van der Waals surface area contributed by atoms with Gasteiger partial charge in [-0.2, -0.15) is 0 Å². The summed E-state index contributed by atoms with van der Waals surface area (Å²) >= 11 is 1.22. The molecule has 0 aliphatic carbocycles. The first-order chi connectivity index (χ1) is 13.5. The normalized spacial score (nSPS) is 12.5. The van der Waals surface area contributed by atoms with E-state index in [4.69, 9.17) is 5.73 Å². The number of fused-ring (bicyclic) bond motifs is 3. The van der Waals surface area contributed by atoms with Crippen LogP contribution in [-0.2, 0) is 11.3 Å². The molecule has 0 saturated heterocycles. The fourth-order valence-electron chi connectivity index (χ4n) is 3.04. The van der Waals surface area contributed by atoms with Crippen molar-refractivity contribution in [3.8, 4) is 0 Å². The number of para-hydroxylation sites is 1. The quantitative estimate of drug-likeness (QED) is 0.525. The number of carbonyl (C=O) groups is 1. The predicted molar refractivity (Wildman–Crippen MR) is 110 cm³/mol. The Bertz CT molecular complexity index is 1240. The van der Waals surface area contributed by atoms with Crippen LogP contribution < -0.4 is 11.3 Å². The van der Waals surface area contributed by atoms with Gasteiger partial charge in [0.05, 0.1) is 22.7 Å². The topological polar surface area (TPSA) is 95.3 Å². The molecule has 4 aromatic rings. The average Bonchev–Trinajstić information content (AvgIpc) is 3.10. The fourth-order valence-corrected chi connectivity index (χ4v) is 3.85. The highest BCUT2D eigenvalue weighted by molar-refractivity contribution is 8.00. The van der Waals surface area contributed by atoms with Crippen LogP contribution in [0.1, 0.15) is 18.1 Å². The van der Waals surface area contributed by atoms with Gasteiger partial charge in [-0.3, -0.25) is 18.6 Å². The maximum absolute atomic E-state index is 13.2. The zero-order chi connectivity index (χ0) is 19.8. The number of nitrogens with zero attached hydrogens (tertiary/aromatic N) is 4. The third-order valence-corrected chi connectivity index (χ3v) is 5.68. The monoisotopic (exact) mass is 393 g/mol. The average molecular weight is 393 g/mol. The first-order valence-corrected chi connectivity index (χ1v) is 9.72. The van der Waals surface area contributed by atoms with E-state index in [1.807, 2.05) is 53.8 Å². The lowest BCUT2D eigenvalue weighted by atomic mass is 10.1. The standard InChI is InChI=1S/C20H19N5O2S/c1-12-7-9-14(10-8-12)11-24-18(27)15-5-3-4-6-16(15)25-19(24)22-23-20(25)28-13(2)17(21)26/h3-10,13H,11H2,1-2H3,(H2,21,26)/t13-/m0/s1. The molecule has 2 N–H and O–H groups in total. The minimum Gasteiger partial charge on any atom is -0.369 e. The first kappa shape index (κ1) is 18.2. The van der Waals surface area contributed by atoms with Crippen LogP contribution in [0.15, 0.2) is 58.5 Å². The lowest BCUT2D eigenvalue weighted by Crippen LogP contribution is -2.24. The van der Waals surface area contributed by atoms with Gasteiger partial charge in [0.2, 0.25) is 11.7 Å². The molecule has 8 heteroatoms. The Hall–Kier alpha value is -3.13. The highest BCUT2D eigenvalue weighted by Gasteiger charge is 2.20. The number of hydrogen-bond donors (Lipinski definition) is 1. The van der Waals surface area contributed by atoms with Crippen molar-refractivity contribution in [1.82, 2.24) is 19.2 Å². The van der Waals surface area contributed by atoms with Gasteiger partial charge in [-0.1, -0.05) is 53.7 Å². The molecule has 1 amide bonds. The largest absolute Gasteiger partial charge is 0.369 e. The highest BCUT2D eigenvalue weighted by Crippen LogP contribution is 2.25. The molecule has 0 radical (unpaired) electrons. The molecule has 0 fully saturated rings. The van der Waals surface area contributed by atoms with Gasteiger partial charge < -0.3 is 5.73 Å². The van der Waals surface area contributed by atoms with Crippen LogP contribution in [0.25, 0.3) is 16.7 Å². The highest BCUT2D eigenvalue weighted by atomic mass is 32.2. The van der Waals surface area contributed by atoms with Gasteiger partial charge in [0, 0.05) is 0 Å². The molecule has 0 aliphatic heterocycles. The van der Waals surface area contributed by atoms with Gasteiger partial charge in [-0.15, -0.1) is 10.2 Å². The van der Waals surface area contributed by atoms with Crippen LogP contribution in [0.3, 0.4) is 0 Å². The molecule has 0 saturated carbocycles. The van der Waals surface area contributed by atoms with E-state index in [1.165, 1.54) is 11.8 Å². The minimum absolute atomic E-state index is 0.129. The van der Waals surface area contributed by atoms with Crippen molar-refractivity contribution in [3.05, 3.63) is 70.0 Å². The number of rotatable bonds is 5. The molecule has 1 atom stereocenters. The van der Waals surface area contributed by atoms with Crippen LogP contribution in [0.2, 0.25) is 0 Å². The van der Waals surface area contributed by atoms with Crippen molar-refractivity contribution < 1.29 is 4.79 Å². The number of aromatic nitrogens is 4. The third kappa shape index (κ3) is 3.16. The van der Waals surface area contributed by atoms with Gasteiger partial charge in [-0.05, 0) is 31.5 Å². The summed E-state index contributed by atoms with van der Waals surface area (Å²) in [7, 11) is 0. The van der Waals surface area contributed by atoms with E-state index in [1.54, 1.807) is 17.6 Å². The number of primary amides is 1. The molecule has 0 spiro atoms. The summed E-state index contributed by atoms with van der Waals surface area (Å²) < 4.78 is 3.42. The number of benzene rings is 2. The molecule has 0 unspecified atom stereocenters. The summed E-state index contributed by atoms with van der Waals surface area (Å²) in [5, 5.41) is 9.11. The van der Waals surface area contributed by atoms with Crippen molar-refractivity contribution >= 4 is 34.3 Å². The minimum atomic E-state index is -0.469. The molecule has 2 heterocycles. The molecule has 2 aromatic heterocycles. The van der Waals surface area contributed by atoms with E-state index in [2.05, 4.69) is 10.2 Å². The Morgan fingerprint density at radius 2 is 1.86 bits per heavy atom. The molecule has 2 aromatic carbocycles. The van der Waals surface area contributed by atoms with Crippen LogP contribution in [0.4, 0.5) is 0 Å². The molecule has 7 nitrogen and oxygen atoms in total. The summed E-state index contributed by atoms with van der Waals surface area (Å²) in [6.45, 7) is 4.12. The summed E-state index contributed by atoms with van der Waals surface area (Å²) in [6, 6.07) is 15.3. The van der Waals surface area contributed by atoms with Gasteiger partial charge in [0.1, 0.15) is 0 Å². The second-order valence-electron chi connectivity index (χ2n) is 6.67. The third-order valence-electron chi connectivity index (χ3n) is 4.62. The summed E-state index contributed by atoms with van der Waals surface area (Å²) in [5.41, 5.74) is 8.12. The van der Waals surface area contributed by atoms with Gasteiger partial charge in [-0.25, -0.2) is 0 Å². The van der Waals surface area contributed by atoms with E-state index in [9.17, 15) is 9.59 Å². The van der Waals surface area contributed by atoms with E-state index < -0.39 is 11.2 Å². The molecule has 142 valence electrons. The molecule has 0 bridgehead atoms. The van der Waals surface area contributed by atoms with E-state index in [-0.39, 0.29) is 5.56 Å². The first-order valence-electron chi connectivity index (χ1n) is 8.84. The number of hydrogen-bond acceptors (Lipinski definition) is 5. The van der Waals surface area contributed by atoms with Crippen LogP contribution in [-0.4, -0.2) is 30.3 Å². The molecular weight excluding hydrogens is 374 g/mol. The van der Waals surface area contributed by atoms with E-state index in [0.717, 1.165) is 11.1 Å². The van der Waals surface area contributed by atoms with E-state index >= 15 is 0 Å². The van der Waals surface area contributed by atoms with Crippen LogP contribution >= 0.6 is 11.8 Å². The van der Waals surface area contributed by atoms with Crippen molar-refractivity contribution in [3.63, 3.8) is 0 Å². The Kier molecular flexibility index (Phi) is 4.64. The Morgan fingerprint density at radius 3 is 2.57 bits per heavy atom. The zero-order valence-corrected chi connectivity index (χ0v) is 16.3. The number of nitrogens with two attached hydrogens (primary N) is 1. The Morgan fingerprint density at radius 1 is 1.14 bits per heavy atom. The number of aryl methyl sites for hydroxylation is 1. The smallest absolute Gasteiger partial charge is 0.263 e. The lowest BCUT2D eigenvalue weighted by Gasteiger charge is -2.12. The maximum Gasteiger partial charge on any atom is 0.263 e. The zero-order valence-electron chi connectivity index (χ0n) is 15.5. The summed E-state index contributed by atoms with van der Waals surface area (Å²) in [4.78, 5) is 24.7. The molecule has 0 aliphatic rings. The Balaban J connectivity index is 1.95. The predicted octanol–water partition coefficient (Wildman–Crippen LogP) is 2.37. The number of amides is 1. The van der Waals surface area contributed by atoms with Crippen molar-refractivity contribution in [2.45, 2.75) is 30.8 Å². The maximum atomic E-state index is 13.2. The molecular formula is C20H19N5O2S. The molecule has 4 rings (SSSR count). The van der Waals surface area contributed by atoms with Crippen molar-refractivity contribution in [2.24, 2.45) is 5.73 Å². The number of carbonyl (C=O) groups excluding carboxylic acids is 1. The SMILES string of the molecule is Cc1ccc(Cn2c(=O)c3ccccc3n3c(S[C@@H](C)C(N)=O)nnc23)cc1. The van der Waals surface area contributed by atoms with Crippen LogP contribution in [0, 0.1) is 6.92 Å². The summed E-state index contributed by atoms with van der Waals surface area (Å²) in [5.74, 6) is 0.00229. The van der Waals surface area contributed by atoms with Gasteiger partial charge in [0.15, 0.2) is 5.16 Å². The lowest BCUT2D eigenvalue weighted by molar-refractivity contribution is -0.117. The Labute approximate surface area is 165 Å². The summed E-state index contributed by atoms with van der Waals surface area (Å²) in [6.07, 6.45) is 0. The second kappa shape index (κ2) is 7.12. The molecule has 28 heavy (non-hydrogen) atoms. The van der Waals surface area contributed by atoms with Gasteiger partial charge >= 0.3 is 0 Å².